The second-order valence-electron chi connectivity index (χ2n) is 5.72. The molecule has 2 N–H and O–H groups in total. The molecule has 1 aliphatic rings. The number of H-pyrrole nitrogens is 1. The van der Waals surface area contributed by atoms with Gasteiger partial charge in [0.1, 0.15) is 5.69 Å². The number of rotatable bonds is 6. The maximum absolute atomic E-state index is 12.4. The van der Waals surface area contributed by atoms with E-state index >= 15 is 0 Å². The summed E-state index contributed by atoms with van der Waals surface area (Å²) in [5.74, 6) is -0.531. The van der Waals surface area contributed by atoms with Crippen LogP contribution in [0.15, 0.2) is 6.07 Å². The summed E-state index contributed by atoms with van der Waals surface area (Å²) in [5, 5.41) is 15.8. The Morgan fingerprint density at radius 2 is 2.33 bits per heavy atom. The molecule has 1 aliphatic heterocycles. The van der Waals surface area contributed by atoms with Crippen LogP contribution in [0.4, 0.5) is 0 Å². The third-order valence-electron chi connectivity index (χ3n) is 3.94. The van der Waals surface area contributed by atoms with Crippen LogP contribution in [0, 0.1) is 5.92 Å². The highest BCUT2D eigenvalue weighted by Crippen LogP contribution is 2.22. The summed E-state index contributed by atoms with van der Waals surface area (Å²) < 4.78 is 0. The maximum atomic E-state index is 12.4. The van der Waals surface area contributed by atoms with Gasteiger partial charge in [-0.15, -0.1) is 0 Å². The lowest BCUT2D eigenvalue weighted by atomic mass is 9.93. The van der Waals surface area contributed by atoms with E-state index in [1.807, 2.05) is 11.0 Å². The Morgan fingerprint density at radius 3 is 3.05 bits per heavy atom. The van der Waals surface area contributed by atoms with Crippen molar-refractivity contribution < 1.29 is 14.7 Å². The molecule has 116 valence electrons. The third kappa shape index (κ3) is 4.31. The van der Waals surface area contributed by atoms with Crippen LogP contribution in [-0.2, 0) is 11.2 Å². The smallest absolute Gasteiger partial charge is 0.303 e. The van der Waals surface area contributed by atoms with Crippen LogP contribution in [0.25, 0.3) is 0 Å². The number of aromatic nitrogens is 2. The largest absolute Gasteiger partial charge is 0.481 e. The van der Waals surface area contributed by atoms with Gasteiger partial charge in [-0.25, -0.2) is 0 Å². The molecular formula is C15H23N3O3. The highest BCUT2D eigenvalue weighted by Gasteiger charge is 2.26. The van der Waals surface area contributed by atoms with Gasteiger partial charge in [0.25, 0.3) is 5.91 Å². The van der Waals surface area contributed by atoms with Gasteiger partial charge < -0.3 is 10.0 Å². The average Bonchev–Trinajstić information content (AvgIpc) is 2.94. The molecule has 0 aliphatic carbocycles. The zero-order valence-electron chi connectivity index (χ0n) is 12.5. The quantitative estimate of drug-likeness (QED) is 0.840. The summed E-state index contributed by atoms with van der Waals surface area (Å²) in [4.78, 5) is 24.9. The molecule has 6 nitrogen and oxygen atoms in total. The average molecular weight is 293 g/mol. The predicted molar refractivity (Wildman–Crippen MR) is 78.1 cm³/mol. The number of aromatic amines is 1. The van der Waals surface area contributed by atoms with Gasteiger partial charge in [-0.1, -0.05) is 13.3 Å². The molecule has 0 spiro atoms. The molecule has 6 heteroatoms. The Kier molecular flexibility index (Phi) is 5.36. The Labute approximate surface area is 124 Å². The van der Waals surface area contributed by atoms with E-state index in [1.165, 1.54) is 0 Å². The molecule has 1 fully saturated rings. The van der Waals surface area contributed by atoms with Crippen LogP contribution in [0.2, 0.25) is 0 Å². The number of carbonyl (C=O) groups is 2. The molecule has 1 saturated heterocycles. The number of nitrogens with one attached hydrogen (secondary N) is 1. The molecule has 0 radical (unpaired) electrons. The molecule has 1 aromatic rings. The summed E-state index contributed by atoms with van der Waals surface area (Å²) >= 11 is 0. The lowest BCUT2D eigenvalue weighted by Gasteiger charge is -2.32. The van der Waals surface area contributed by atoms with E-state index in [2.05, 4.69) is 17.1 Å². The van der Waals surface area contributed by atoms with E-state index in [1.54, 1.807) is 0 Å². The molecule has 1 aromatic heterocycles. The number of hydrogen-bond acceptors (Lipinski definition) is 3. The first-order chi connectivity index (χ1) is 10.1. The van der Waals surface area contributed by atoms with Crippen LogP contribution in [0.5, 0.6) is 0 Å². The van der Waals surface area contributed by atoms with Gasteiger partial charge in [-0.05, 0) is 37.7 Å². The maximum Gasteiger partial charge on any atom is 0.303 e. The highest BCUT2D eigenvalue weighted by atomic mass is 16.4. The Hall–Kier alpha value is -1.85. The Balaban J connectivity index is 1.93. The first-order valence-corrected chi connectivity index (χ1v) is 7.65. The molecule has 2 heterocycles. The fraction of sp³-hybridized carbons (Fsp3) is 0.667. The standard InChI is InChI=1S/C15H23N3O3/c1-2-4-12-9-13(17-16-12)15(21)18-8-3-5-11(10-18)6-7-14(19)20/h9,11H,2-8,10H2,1H3,(H,16,17)(H,19,20). The molecule has 1 atom stereocenters. The second kappa shape index (κ2) is 7.24. The van der Waals surface area contributed by atoms with Crippen LogP contribution in [0.1, 0.15) is 55.2 Å². The van der Waals surface area contributed by atoms with Crippen molar-refractivity contribution >= 4 is 11.9 Å². The van der Waals surface area contributed by atoms with E-state index in [4.69, 9.17) is 5.11 Å². The number of amides is 1. The van der Waals surface area contributed by atoms with Crippen molar-refractivity contribution in [3.05, 3.63) is 17.5 Å². The summed E-state index contributed by atoms with van der Waals surface area (Å²) in [6.07, 6.45) is 4.65. The number of hydrogen-bond donors (Lipinski definition) is 2. The number of nitrogens with zero attached hydrogens (tertiary/aromatic N) is 2. The first-order valence-electron chi connectivity index (χ1n) is 7.65. The molecule has 0 saturated carbocycles. The van der Waals surface area contributed by atoms with Gasteiger partial charge in [0.2, 0.25) is 0 Å². The predicted octanol–water partition coefficient (Wildman–Crippen LogP) is 2.08. The van der Waals surface area contributed by atoms with Gasteiger partial charge in [0.15, 0.2) is 0 Å². The summed E-state index contributed by atoms with van der Waals surface area (Å²) in [6, 6.07) is 1.83. The summed E-state index contributed by atoms with van der Waals surface area (Å²) in [7, 11) is 0. The molecular weight excluding hydrogens is 270 g/mol. The van der Waals surface area contributed by atoms with E-state index in [9.17, 15) is 9.59 Å². The number of likely N-dealkylation sites (tertiary alicyclic amines) is 1. The van der Waals surface area contributed by atoms with Gasteiger partial charge >= 0.3 is 5.97 Å². The van der Waals surface area contributed by atoms with Gasteiger partial charge in [-0.2, -0.15) is 5.10 Å². The highest BCUT2D eigenvalue weighted by molar-refractivity contribution is 5.92. The van der Waals surface area contributed by atoms with Crippen LogP contribution >= 0.6 is 0 Å². The second-order valence-corrected chi connectivity index (χ2v) is 5.72. The molecule has 0 bridgehead atoms. The number of aliphatic carboxylic acids is 1. The van der Waals surface area contributed by atoms with Crippen LogP contribution in [0.3, 0.4) is 0 Å². The molecule has 2 rings (SSSR count). The first kappa shape index (κ1) is 15.5. The van der Waals surface area contributed by atoms with E-state index < -0.39 is 5.97 Å². The van der Waals surface area contributed by atoms with Crippen molar-refractivity contribution in [1.82, 2.24) is 15.1 Å². The lowest BCUT2D eigenvalue weighted by Crippen LogP contribution is -2.40. The number of carboxylic acids is 1. The summed E-state index contributed by atoms with van der Waals surface area (Å²) in [5.41, 5.74) is 1.46. The SMILES string of the molecule is CCCc1cc(C(=O)N2CCCC(CCC(=O)O)C2)n[nH]1. The van der Waals surface area contributed by atoms with Crippen molar-refractivity contribution in [3.63, 3.8) is 0 Å². The number of piperidine rings is 1. The van der Waals surface area contributed by atoms with Crippen LogP contribution < -0.4 is 0 Å². The van der Waals surface area contributed by atoms with Gasteiger partial charge in [0.05, 0.1) is 0 Å². The minimum atomic E-state index is -0.769. The van der Waals surface area contributed by atoms with Crippen molar-refractivity contribution in [3.8, 4) is 0 Å². The van der Waals surface area contributed by atoms with Crippen molar-refractivity contribution in [2.75, 3.05) is 13.1 Å². The Morgan fingerprint density at radius 1 is 1.52 bits per heavy atom. The topological polar surface area (TPSA) is 86.3 Å². The fourth-order valence-electron chi connectivity index (χ4n) is 2.84. The van der Waals surface area contributed by atoms with E-state index in [0.29, 0.717) is 18.7 Å². The van der Waals surface area contributed by atoms with Crippen molar-refractivity contribution in [2.45, 2.75) is 45.4 Å². The minimum Gasteiger partial charge on any atom is -0.481 e. The van der Waals surface area contributed by atoms with Crippen molar-refractivity contribution in [1.29, 1.82) is 0 Å². The van der Waals surface area contributed by atoms with E-state index in [0.717, 1.165) is 37.9 Å². The number of carbonyl (C=O) groups excluding carboxylic acids is 1. The molecule has 21 heavy (non-hydrogen) atoms. The van der Waals surface area contributed by atoms with Gasteiger partial charge in [-0.3, -0.25) is 14.7 Å². The third-order valence-corrected chi connectivity index (χ3v) is 3.94. The number of aryl methyl sites for hydroxylation is 1. The number of carboxylic acid groups (broad SMARTS) is 1. The van der Waals surface area contributed by atoms with Crippen molar-refractivity contribution in [2.24, 2.45) is 5.92 Å². The summed E-state index contributed by atoms with van der Waals surface area (Å²) in [6.45, 7) is 3.46. The zero-order chi connectivity index (χ0) is 15.2. The van der Waals surface area contributed by atoms with E-state index in [-0.39, 0.29) is 18.2 Å². The normalized spacial score (nSPS) is 18.7. The minimum absolute atomic E-state index is 0.0476. The Bertz CT molecular complexity index is 498. The molecule has 1 amide bonds. The van der Waals surface area contributed by atoms with Gasteiger partial charge in [0, 0.05) is 25.2 Å². The van der Waals surface area contributed by atoms with Crippen LogP contribution in [-0.4, -0.2) is 45.2 Å². The monoisotopic (exact) mass is 293 g/mol. The zero-order valence-corrected chi connectivity index (χ0v) is 12.5. The fourth-order valence-corrected chi connectivity index (χ4v) is 2.84. The molecule has 1 unspecified atom stereocenters. The molecule has 0 aromatic carbocycles. The lowest BCUT2D eigenvalue weighted by molar-refractivity contribution is -0.137.